The molecule has 2 amide bonds. The number of amides is 2. The maximum atomic E-state index is 12.4. The van der Waals surface area contributed by atoms with Gasteiger partial charge in [-0.3, -0.25) is 14.9 Å². The van der Waals surface area contributed by atoms with Gasteiger partial charge in [-0.25, -0.2) is 14.1 Å². The topological polar surface area (TPSA) is 118 Å². The van der Waals surface area contributed by atoms with Crippen LogP contribution in [-0.2, 0) is 9.53 Å². The Morgan fingerprint density at radius 3 is 2.39 bits per heavy atom. The van der Waals surface area contributed by atoms with Gasteiger partial charge in [-0.2, -0.15) is 0 Å². The number of rotatable bonds is 6. The summed E-state index contributed by atoms with van der Waals surface area (Å²) in [5, 5.41) is 14.6. The maximum Gasteiger partial charge on any atom is 0.410 e. The number of thiazole rings is 1. The van der Waals surface area contributed by atoms with Crippen LogP contribution in [0.25, 0.3) is 21.0 Å². The van der Waals surface area contributed by atoms with E-state index in [-0.39, 0.29) is 17.7 Å². The molecule has 0 aliphatic carbocycles. The van der Waals surface area contributed by atoms with Gasteiger partial charge in [0.2, 0.25) is 5.91 Å². The molecule has 0 spiro atoms. The number of nitro groups is 1. The molecule has 1 fully saturated rings. The number of carbonyl (C=O) groups is 2. The minimum absolute atomic E-state index is 0.0320. The van der Waals surface area contributed by atoms with E-state index >= 15 is 0 Å². The van der Waals surface area contributed by atoms with Crippen LogP contribution in [0.3, 0.4) is 0 Å². The zero-order valence-corrected chi connectivity index (χ0v) is 23.2. The summed E-state index contributed by atoms with van der Waals surface area (Å²) in [6.07, 6.45) is 1.48. The predicted molar refractivity (Wildman–Crippen MR) is 149 cm³/mol. The van der Waals surface area contributed by atoms with E-state index in [4.69, 9.17) is 4.74 Å². The van der Waals surface area contributed by atoms with Gasteiger partial charge >= 0.3 is 6.09 Å². The van der Waals surface area contributed by atoms with Gasteiger partial charge in [0, 0.05) is 73.1 Å². The molecule has 200 valence electrons. The second-order valence-electron chi connectivity index (χ2n) is 9.71. The quantitative estimate of drug-likeness (QED) is 0.227. The van der Waals surface area contributed by atoms with Gasteiger partial charge in [0.15, 0.2) is 0 Å². The Morgan fingerprint density at radius 2 is 1.79 bits per heavy atom. The van der Waals surface area contributed by atoms with Gasteiger partial charge in [0.1, 0.15) is 10.6 Å². The van der Waals surface area contributed by atoms with Crippen molar-refractivity contribution < 1.29 is 19.2 Å². The molecule has 1 aromatic heterocycles. The Labute approximate surface area is 229 Å². The third-order valence-electron chi connectivity index (χ3n) is 5.52. The minimum atomic E-state index is -0.538. The summed E-state index contributed by atoms with van der Waals surface area (Å²) in [4.78, 5) is 42.8. The van der Waals surface area contributed by atoms with Gasteiger partial charge in [0.25, 0.3) is 5.69 Å². The van der Waals surface area contributed by atoms with E-state index in [1.807, 2.05) is 39.0 Å². The molecule has 12 heteroatoms. The van der Waals surface area contributed by atoms with Crippen LogP contribution in [0.5, 0.6) is 0 Å². The van der Waals surface area contributed by atoms with E-state index < -0.39 is 10.5 Å². The molecule has 1 N–H and O–H groups in total. The number of anilines is 1. The highest BCUT2D eigenvalue weighted by Gasteiger charge is 2.27. The molecule has 3 aromatic rings. The summed E-state index contributed by atoms with van der Waals surface area (Å²) in [7, 11) is 0. The van der Waals surface area contributed by atoms with Crippen molar-refractivity contribution in [3.05, 3.63) is 58.8 Å². The van der Waals surface area contributed by atoms with E-state index in [0.29, 0.717) is 31.9 Å². The zero-order chi connectivity index (χ0) is 27.4. The van der Waals surface area contributed by atoms with Crippen LogP contribution >= 0.6 is 23.3 Å². The number of nitrogens with zero attached hydrogens (tertiary/aromatic N) is 4. The van der Waals surface area contributed by atoms with Gasteiger partial charge in [-0.15, -0.1) is 11.3 Å². The first kappa shape index (κ1) is 27.6. The molecule has 0 atom stereocenters. The number of benzene rings is 2. The molecular weight excluding hydrogens is 526 g/mol. The second kappa shape index (κ2) is 11.5. The number of nitrogens with one attached hydrogen (secondary N) is 1. The number of non-ortho nitro benzene ring substituents is 1. The summed E-state index contributed by atoms with van der Waals surface area (Å²) in [5.41, 5.74) is 1.95. The lowest BCUT2D eigenvalue weighted by atomic mass is 10.2. The monoisotopic (exact) mass is 555 g/mol. The molecular formula is C26H29N5O5S2. The lowest BCUT2D eigenvalue weighted by Gasteiger charge is -2.35. The molecule has 0 radical (unpaired) electrons. The zero-order valence-electron chi connectivity index (χ0n) is 21.6. The lowest BCUT2D eigenvalue weighted by molar-refractivity contribution is -0.384. The number of aromatic nitrogens is 1. The first-order valence-electron chi connectivity index (χ1n) is 12.0. The molecule has 0 unspecified atom stereocenters. The van der Waals surface area contributed by atoms with Crippen LogP contribution in [0.4, 0.5) is 16.2 Å². The molecule has 0 bridgehead atoms. The molecule has 0 saturated carbocycles. The van der Waals surface area contributed by atoms with Crippen molar-refractivity contribution in [1.82, 2.24) is 14.2 Å². The Balaban J connectivity index is 1.53. The van der Waals surface area contributed by atoms with Crippen LogP contribution in [0.2, 0.25) is 0 Å². The van der Waals surface area contributed by atoms with E-state index in [1.165, 1.54) is 30.4 Å². The van der Waals surface area contributed by atoms with E-state index in [0.717, 1.165) is 25.9 Å². The number of carbonyl (C=O) groups excluding carboxylic acids is 2. The smallest absolute Gasteiger partial charge is 0.410 e. The Hall–Kier alpha value is -3.48. The molecule has 1 aliphatic rings. The number of ether oxygens (including phenoxy) is 1. The van der Waals surface area contributed by atoms with Crippen molar-refractivity contribution in [2.45, 2.75) is 38.2 Å². The fourth-order valence-electron chi connectivity index (χ4n) is 3.77. The van der Waals surface area contributed by atoms with Crippen LogP contribution in [0.1, 0.15) is 27.7 Å². The summed E-state index contributed by atoms with van der Waals surface area (Å²) in [5.74, 6) is -0.155. The van der Waals surface area contributed by atoms with Crippen molar-refractivity contribution >= 4 is 46.7 Å². The van der Waals surface area contributed by atoms with E-state index in [9.17, 15) is 19.7 Å². The number of hydrogen-bond donors (Lipinski definition) is 1. The minimum Gasteiger partial charge on any atom is -0.444 e. The van der Waals surface area contributed by atoms with E-state index in [2.05, 4.69) is 14.6 Å². The molecule has 2 aromatic carbocycles. The second-order valence-corrected chi connectivity index (χ2v) is 11.9. The predicted octanol–water partition coefficient (Wildman–Crippen LogP) is 5.90. The third-order valence-corrected chi connectivity index (χ3v) is 7.75. The van der Waals surface area contributed by atoms with Crippen molar-refractivity contribution in [2.24, 2.45) is 0 Å². The van der Waals surface area contributed by atoms with Crippen molar-refractivity contribution in [3.63, 3.8) is 0 Å². The number of hydrogen-bond acceptors (Lipinski definition) is 9. The molecule has 38 heavy (non-hydrogen) atoms. The highest BCUT2D eigenvalue weighted by Crippen LogP contribution is 2.40. The maximum absolute atomic E-state index is 12.4. The summed E-state index contributed by atoms with van der Waals surface area (Å²) in [6.45, 7) is 9.44. The third kappa shape index (κ3) is 7.09. The van der Waals surface area contributed by atoms with Crippen LogP contribution in [0.15, 0.2) is 53.6 Å². The van der Waals surface area contributed by atoms with Gasteiger partial charge < -0.3 is 15.0 Å². The van der Waals surface area contributed by atoms with Crippen LogP contribution in [0, 0.1) is 10.1 Å². The Morgan fingerprint density at radius 1 is 1.11 bits per heavy atom. The molecule has 2 heterocycles. The highest BCUT2D eigenvalue weighted by atomic mass is 32.2. The number of nitro benzene ring substituents is 1. The first-order chi connectivity index (χ1) is 18.0. The van der Waals surface area contributed by atoms with Gasteiger partial charge in [0.05, 0.1) is 9.80 Å². The fourth-order valence-corrected chi connectivity index (χ4v) is 5.87. The summed E-state index contributed by atoms with van der Waals surface area (Å²) < 4.78 is 7.69. The van der Waals surface area contributed by atoms with Crippen LogP contribution in [-0.4, -0.2) is 62.9 Å². The lowest BCUT2D eigenvalue weighted by Crippen LogP contribution is -2.47. The average molecular weight is 556 g/mol. The summed E-state index contributed by atoms with van der Waals surface area (Å²) in [6, 6.07) is 12.1. The average Bonchev–Trinajstić information content (AvgIpc) is 3.33. The molecule has 10 nitrogen and oxygen atoms in total. The molecule has 4 rings (SSSR count). The van der Waals surface area contributed by atoms with Crippen LogP contribution < -0.4 is 5.32 Å². The number of piperazine rings is 1. The van der Waals surface area contributed by atoms with Gasteiger partial charge in [-0.05, 0) is 57.0 Å². The molecule has 1 aliphatic heterocycles. The standard InChI is InChI=1S/C26H29N5O5S2/c1-17(32)28-19-7-10-21(23-16-27-24(37-23)18-5-8-20(9-6-18)31(34)35)22(15-19)38-30-13-11-29(12-14-30)25(33)36-26(2,3)4/h5-10,15-16H,11-14H2,1-4H3,(H,28,32). The Bertz CT molecular complexity index is 1330. The SMILES string of the molecule is CC(=O)Nc1ccc(-c2cnc(-c3ccc([N+](=O)[O-])cc3)s2)c(SN2CCN(C(=O)OC(C)(C)C)CC2)c1. The normalized spacial score (nSPS) is 14.3. The molecule has 1 saturated heterocycles. The summed E-state index contributed by atoms with van der Waals surface area (Å²) >= 11 is 3.06. The van der Waals surface area contributed by atoms with Crippen molar-refractivity contribution in [1.29, 1.82) is 0 Å². The van der Waals surface area contributed by atoms with Gasteiger partial charge in [-0.1, -0.05) is 6.07 Å². The highest BCUT2D eigenvalue weighted by molar-refractivity contribution is 7.97. The first-order valence-corrected chi connectivity index (χ1v) is 13.6. The van der Waals surface area contributed by atoms with Crippen molar-refractivity contribution in [2.75, 3.05) is 31.5 Å². The largest absolute Gasteiger partial charge is 0.444 e. The Kier molecular flexibility index (Phi) is 8.34. The fraction of sp³-hybridized carbons (Fsp3) is 0.346. The van der Waals surface area contributed by atoms with Crippen molar-refractivity contribution in [3.8, 4) is 21.0 Å². The van der Waals surface area contributed by atoms with E-state index in [1.54, 1.807) is 35.2 Å².